The number of carbonyl (C=O) groups is 1. The maximum Gasteiger partial charge on any atom is 0.255 e. The average molecular weight is 354 g/mol. The van der Waals surface area contributed by atoms with E-state index in [1.807, 2.05) is 30.3 Å². The summed E-state index contributed by atoms with van der Waals surface area (Å²) in [5.74, 6) is -0.150. The fraction of sp³-hybridized carbons (Fsp3) is 0.278. The van der Waals surface area contributed by atoms with Gasteiger partial charge < -0.3 is 15.0 Å². The highest BCUT2D eigenvalue weighted by atomic mass is 32.1. The Bertz CT molecular complexity index is 893. The molecule has 1 saturated heterocycles. The Labute approximate surface area is 149 Å². The first-order valence-corrected chi connectivity index (χ1v) is 8.87. The van der Waals surface area contributed by atoms with Crippen LogP contribution in [0.5, 0.6) is 0 Å². The number of nitrogens with one attached hydrogen (secondary N) is 1. The number of hydrogen-bond acceptors (Lipinski definition) is 6. The summed E-state index contributed by atoms with van der Waals surface area (Å²) >= 11 is 1.15. The molecule has 1 atom stereocenters. The van der Waals surface area contributed by atoms with E-state index in [4.69, 9.17) is 4.74 Å². The Morgan fingerprint density at radius 1 is 1.20 bits per heavy atom. The van der Waals surface area contributed by atoms with E-state index in [2.05, 4.69) is 19.0 Å². The minimum Gasteiger partial charge on any atom is -0.380 e. The second-order valence-electron chi connectivity index (χ2n) is 6.06. The summed E-state index contributed by atoms with van der Waals surface area (Å²) in [7, 11) is 1.76. The van der Waals surface area contributed by atoms with Crippen molar-refractivity contribution in [1.82, 2.24) is 8.75 Å². The van der Waals surface area contributed by atoms with Crippen LogP contribution < -0.4 is 10.2 Å². The van der Waals surface area contributed by atoms with E-state index in [1.165, 1.54) is 0 Å². The second kappa shape index (κ2) is 6.78. The molecule has 1 amide bonds. The molecule has 1 aromatic heterocycles. The molecular weight excluding hydrogens is 336 g/mol. The highest BCUT2D eigenvalue weighted by Gasteiger charge is 2.22. The quantitative estimate of drug-likeness (QED) is 0.779. The van der Waals surface area contributed by atoms with Crippen LogP contribution in [0.4, 0.5) is 11.4 Å². The first kappa shape index (κ1) is 16.0. The Kier molecular flexibility index (Phi) is 4.33. The molecule has 1 aliphatic rings. The minimum atomic E-state index is -0.150. The number of nitrogens with zero attached hydrogens (tertiary/aromatic N) is 3. The third-order valence-electron chi connectivity index (χ3n) is 4.48. The number of benzene rings is 2. The molecule has 128 valence electrons. The molecule has 3 aromatic rings. The van der Waals surface area contributed by atoms with Crippen LogP contribution in [0.2, 0.25) is 0 Å². The van der Waals surface area contributed by atoms with Crippen LogP contribution in [0.3, 0.4) is 0 Å². The Hall–Kier alpha value is -2.51. The average Bonchev–Trinajstić information content (AvgIpc) is 3.30. The van der Waals surface area contributed by atoms with Gasteiger partial charge in [-0.05, 0) is 48.9 Å². The summed E-state index contributed by atoms with van der Waals surface area (Å²) in [6, 6.07) is 13.3. The highest BCUT2D eigenvalue weighted by molar-refractivity contribution is 7.00. The van der Waals surface area contributed by atoms with Gasteiger partial charge in [-0.1, -0.05) is 0 Å². The molecule has 6 nitrogen and oxygen atoms in total. The first-order valence-electron chi connectivity index (χ1n) is 8.14. The van der Waals surface area contributed by atoms with Crippen LogP contribution in [0.1, 0.15) is 16.8 Å². The molecule has 2 heterocycles. The van der Waals surface area contributed by atoms with Crippen LogP contribution in [-0.4, -0.2) is 41.0 Å². The largest absolute Gasteiger partial charge is 0.380 e. The summed E-state index contributed by atoms with van der Waals surface area (Å²) in [4.78, 5) is 14.7. The van der Waals surface area contributed by atoms with Crippen LogP contribution in [-0.2, 0) is 4.74 Å². The molecule has 1 aliphatic heterocycles. The van der Waals surface area contributed by atoms with Gasteiger partial charge in [0.2, 0.25) is 0 Å². The number of methoxy groups -OCH3 is 1. The number of aromatic nitrogens is 2. The highest BCUT2D eigenvalue weighted by Crippen LogP contribution is 2.23. The van der Waals surface area contributed by atoms with Gasteiger partial charge in [-0.3, -0.25) is 4.79 Å². The van der Waals surface area contributed by atoms with Gasteiger partial charge in [0.05, 0.1) is 17.8 Å². The maximum atomic E-state index is 12.4. The predicted molar refractivity (Wildman–Crippen MR) is 99.4 cm³/mol. The topological polar surface area (TPSA) is 67.3 Å². The lowest BCUT2D eigenvalue weighted by Gasteiger charge is -2.18. The van der Waals surface area contributed by atoms with Crippen molar-refractivity contribution in [2.45, 2.75) is 12.5 Å². The summed E-state index contributed by atoms with van der Waals surface area (Å²) in [5.41, 5.74) is 4.05. The number of anilines is 2. The Morgan fingerprint density at radius 3 is 2.76 bits per heavy atom. The summed E-state index contributed by atoms with van der Waals surface area (Å²) in [5, 5.41) is 2.93. The molecular formula is C18H18N4O2S. The zero-order chi connectivity index (χ0) is 17.2. The van der Waals surface area contributed by atoms with Crippen molar-refractivity contribution in [1.29, 1.82) is 0 Å². The number of ether oxygens (including phenoxy) is 1. The standard InChI is InChI=1S/C18H18N4O2S/c1-24-15-8-9-22(11-15)14-5-3-13(4-6-14)19-18(23)12-2-7-16-17(10-12)21-25-20-16/h2-7,10,15H,8-9,11H2,1H3,(H,19,23). The molecule has 0 radical (unpaired) electrons. The van der Waals surface area contributed by atoms with Crippen LogP contribution in [0, 0.1) is 0 Å². The van der Waals surface area contributed by atoms with Gasteiger partial charge in [0.1, 0.15) is 11.0 Å². The van der Waals surface area contributed by atoms with Gasteiger partial charge in [0, 0.05) is 37.1 Å². The number of rotatable bonds is 4. The third kappa shape index (κ3) is 3.33. The van der Waals surface area contributed by atoms with Crippen molar-refractivity contribution >= 4 is 40.0 Å². The maximum absolute atomic E-state index is 12.4. The van der Waals surface area contributed by atoms with Crippen molar-refractivity contribution in [2.24, 2.45) is 0 Å². The molecule has 1 N–H and O–H groups in total. The lowest BCUT2D eigenvalue weighted by molar-refractivity contribution is 0.102. The van der Waals surface area contributed by atoms with Gasteiger partial charge in [0.15, 0.2) is 0 Å². The van der Waals surface area contributed by atoms with E-state index < -0.39 is 0 Å². The van der Waals surface area contributed by atoms with Gasteiger partial charge >= 0.3 is 0 Å². The Balaban J connectivity index is 1.44. The fourth-order valence-corrected chi connectivity index (χ4v) is 3.55. The predicted octanol–water partition coefficient (Wildman–Crippen LogP) is 3.17. The molecule has 25 heavy (non-hydrogen) atoms. The number of fused-ring (bicyclic) bond motifs is 1. The summed E-state index contributed by atoms with van der Waals surface area (Å²) in [6.07, 6.45) is 1.35. The Morgan fingerprint density at radius 2 is 2.00 bits per heavy atom. The van der Waals surface area contributed by atoms with E-state index >= 15 is 0 Å². The van der Waals surface area contributed by atoms with Crippen LogP contribution in [0.15, 0.2) is 42.5 Å². The molecule has 1 unspecified atom stereocenters. The third-order valence-corrected chi connectivity index (χ3v) is 5.04. The van der Waals surface area contributed by atoms with Gasteiger partial charge in [-0.2, -0.15) is 8.75 Å². The lowest BCUT2D eigenvalue weighted by atomic mass is 10.2. The van der Waals surface area contributed by atoms with E-state index in [1.54, 1.807) is 19.2 Å². The lowest BCUT2D eigenvalue weighted by Crippen LogP contribution is -2.22. The summed E-state index contributed by atoms with van der Waals surface area (Å²) in [6.45, 7) is 1.90. The van der Waals surface area contributed by atoms with Crippen molar-refractivity contribution in [3.63, 3.8) is 0 Å². The van der Waals surface area contributed by atoms with Crippen molar-refractivity contribution in [3.8, 4) is 0 Å². The first-order chi connectivity index (χ1) is 12.2. The molecule has 0 spiro atoms. The van der Waals surface area contributed by atoms with Crippen molar-refractivity contribution in [3.05, 3.63) is 48.0 Å². The number of amides is 1. The van der Waals surface area contributed by atoms with E-state index in [0.717, 1.165) is 53.6 Å². The monoisotopic (exact) mass is 354 g/mol. The van der Waals surface area contributed by atoms with Gasteiger partial charge in [-0.15, -0.1) is 0 Å². The van der Waals surface area contributed by atoms with Crippen LogP contribution in [0.25, 0.3) is 11.0 Å². The zero-order valence-corrected chi connectivity index (χ0v) is 14.6. The van der Waals surface area contributed by atoms with Gasteiger partial charge in [0.25, 0.3) is 5.91 Å². The number of hydrogen-bond donors (Lipinski definition) is 1. The molecule has 0 saturated carbocycles. The minimum absolute atomic E-state index is 0.150. The van der Waals surface area contributed by atoms with Crippen molar-refractivity contribution in [2.75, 3.05) is 30.4 Å². The van der Waals surface area contributed by atoms with E-state index in [0.29, 0.717) is 11.7 Å². The molecule has 0 bridgehead atoms. The van der Waals surface area contributed by atoms with Crippen molar-refractivity contribution < 1.29 is 9.53 Å². The fourth-order valence-electron chi connectivity index (χ4n) is 3.04. The molecule has 7 heteroatoms. The van der Waals surface area contributed by atoms with E-state index in [-0.39, 0.29) is 5.91 Å². The molecule has 1 fully saturated rings. The van der Waals surface area contributed by atoms with Gasteiger partial charge in [-0.25, -0.2) is 0 Å². The number of carbonyl (C=O) groups excluding carboxylic acids is 1. The smallest absolute Gasteiger partial charge is 0.255 e. The SMILES string of the molecule is COC1CCN(c2ccc(NC(=O)c3ccc4nsnc4c3)cc2)C1. The molecule has 2 aromatic carbocycles. The van der Waals surface area contributed by atoms with E-state index in [9.17, 15) is 4.79 Å². The summed E-state index contributed by atoms with van der Waals surface area (Å²) < 4.78 is 13.7. The normalized spacial score (nSPS) is 17.2. The molecule has 4 rings (SSSR count). The zero-order valence-electron chi connectivity index (χ0n) is 13.8. The van der Waals surface area contributed by atoms with Crippen LogP contribution >= 0.6 is 11.7 Å². The second-order valence-corrected chi connectivity index (χ2v) is 6.59. The molecule has 0 aliphatic carbocycles.